The summed E-state index contributed by atoms with van der Waals surface area (Å²) in [5.74, 6) is 2.14. The van der Waals surface area contributed by atoms with E-state index in [1.807, 2.05) is 16.8 Å². The highest BCUT2D eigenvalue weighted by Gasteiger charge is 2.49. The lowest BCUT2D eigenvalue weighted by molar-refractivity contribution is 0.289. The van der Waals surface area contributed by atoms with Crippen LogP contribution in [0.2, 0.25) is 0 Å². The molecule has 2 heterocycles. The van der Waals surface area contributed by atoms with Crippen molar-refractivity contribution in [1.82, 2.24) is 9.34 Å². The molecule has 0 radical (unpaired) electrons. The molecule has 0 bridgehead atoms. The van der Waals surface area contributed by atoms with E-state index in [-0.39, 0.29) is 6.04 Å². The van der Waals surface area contributed by atoms with Crippen molar-refractivity contribution in [3.63, 3.8) is 0 Å². The Morgan fingerprint density at radius 2 is 1.80 bits per heavy atom. The van der Waals surface area contributed by atoms with E-state index in [0.29, 0.717) is 49.5 Å². The summed E-state index contributed by atoms with van der Waals surface area (Å²) in [6.07, 6.45) is 0.759. The zero-order chi connectivity index (χ0) is 18.0. The molecule has 25 heavy (non-hydrogen) atoms. The van der Waals surface area contributed by atoms with Gasteiger partial charge >= 0.3 is 7.67 Å². The molecular formula is C16H23Cl2N2O4P. The summed E-state index contributed by atoms with van der Waals surface area (Å²) in [5, 5.41) is 0. The lowest BCUT2D eigenvalue weighted by atomic mass is 9.95. The Hall–Kier alpha value is -0.490. The molecule has 6 nitrogen and oxygen atoms in total. The summed E-state index contributed by atoms with van der Waals surface area (Å²) in [5.41, 5.74) is 2.26. The predicted octanol–water partition coefficient (Wildman–Crippen LogP) is 3.35. The standard InChI is InChI=1S/C16H23Cl2N2O4P/c1-22-15-8-12-7-14-11-24-25(21,19(5-3-17)6-4-18)20(14)10-13(12)9-16(15)23-2/h8-9,14H,3-7,10-11H2,1-2H3/t14-,25?/m1/s1. The van der Waals surface area contributed by atoms with Gasteiger partial charge in [0.25, 0.3) is 0 Å². The van der Waals surface area contributed by atoms with E-state index in [2.05, 4.69) is 0 Å². The molecule has 0 amide bonds. The lowest BCUT2D eigenvalue weighted by Crippen LogP contribution is -2.39. The molecule has 140 valence electrons. The second kappa shape index (κ2) is 8.03. The molecular weight excluding hydrogens is 386 g/mol. The van der Waals surface area contributed by atoms with E-state index in [1.165, 1.54) is 5.56 Å². The molecule has 0 spiro atoms. The molecule has 2 aliphatic rings. The third-order valence-electron chi connectivity index (χ3n) is 4.72. The second-order valence-electron chi connectivity index (χ2n) is 6.05. The van der Waals surface area contributed by atoms with Crippen molar-refractivity contribution in [3.8, 4) is 11.5 Å². The monoisotopic (exact) mass is 408 g/mol. The van der Waals surface area contributed by atoms with Gasteiger partial charge in [0, 0.05) is 37.4 Å². The quantitative estimate of drug-likeness (QED) is 0.509. The molecule has 1 fully saturated rings. The minimum Gasteiger partial charge on any atom is -0.493 e. The van der Waals surface area contributed by atoms with Crippen LogP contribution in [0.5, 0.6) is 11.5 Å². The molecule has 1 aromatic carbocycles. The van der Waals surface area contributed by atoms with Crippen molar-refractivity contribution in [3.05, 3.63) is 23.3 Å². The number of hydrogen-bond acceptors (Lipinski definition) is 4. The maximum Gasteiger partial charge on any atom is 0.346 e. The number of hydrogen-bond donors (Lipinski definition) is 0. The number of halogens is 2. The van der Waals surface area contributed by atoms with Gasteiger partial charge in [-0.05, 0) is 29.7 Å². The second-order valence-corrected chi connectivity index (χ2v) is 9.12. The molecule has 3 rings (SSSR count). The van der Waals surface area contributed by atoms with Crippen LogP contribution in [0.15, 0.2) is 12.1 Å². The van der Waals surface area contributed by atoms with Gasteiger partial charge in [-0.3, -0.25) is 4.57 Å². The van der Waals surface area contributed by atoms with E-state index in [0.717, 1.165) is 12.0 Å². The molecule has 0 aromatic heterocycles. The predicted molar refractivity (Wildman–Crippen MR) is 99.2 cm³/mol. The SMILES string of the molecule is COc1cc2c(cc1OC)CN1[C@@H](COP1(=O)N(CCCl)CCCl)C2. The number of fused-ring (bicyclic) bond motifs is 2. The van der Waals surface area contributed by atoms with Crippen LogP contribution in [0.1, 0.15) is 11.1 Å². The van der Waals surface area contributed by atoms with Gasteiger partial charge in [-0.1, -0.05) is 0 Å². The fraction of sp³-hybridized carbons (Fsp3) is 0.625. The number of methoxy groups -OCH3 is 2. The summed E-state index contributed by atoms with van der Waals surface area (Å²) in [7, 11) is 0.124. The first-order valence-corrected chi connectivity index (χ1v) is 10.8. The number of benzene rings is 1. The van der Waals surface area contributed by atoms with Crippen molar-refractivity contribution < 1.29 is 18.6 Å². The van der Waals surface area contributed by atoms with Crippen LogP contribution in [0, 0.1) is 0 Å². The third-order valence-corrected chi connectivity index (χ3v) is 7.77. The van der Waals surface area contributed by atoms with E-state index in [1.54, 1.807) is 18.9 Å². The minimum atomic E-state index is -3.12. The summed E-state index contributed by atoms with van der Waals surface area (Å²) in [6.45, 7) is 1.94. The number of ether oxygens (including phenoxy) is 2. The normalized spacial score (nSPS) is 25.7. The molecule has 0 N–H and O–H groups in total. The van der Waals surface area contributed by atoms with Crippen LogP contribution < -0.4 is 9.47 Å². The summed E-state index contributed by atoms with van der Waals surface area (Å²) < 4.78 is 34.0. The van der Waals surface area contributed by atoms with Crippen LogP contribution >= 0.6 is 30.9 Å². The zero-order valence-electron chi connectivity index (χ0n) is 14.4. The third kappa shape index (κ3) is 3.53. The zero-order valence-corrected chi connectivity index (χ0v) is 16.8. The highest BCUT2D eigenvalue weighted by molar-refractivity contribution is 7.54. The molecule has 1 saturated heterocycles. The average Bonchev–Trinajstić information content (AvgIpc) is 2.95. The van der Waals surface area contributed by atoms with E-state index < -0.39 is 7.67 Å². The Kier molecular flexibility index (Phi) is 6.19. The lowest BCUT2D eigenvalue weighted by Gasteiger charge is -2.37. The van der Waals surface area contributed by atoms with E-state index >= 15 is 0 Å². The maximum absolute atomic E-state index is 13.6. The molecule has 0 aliphatic carbocycles. The molecule has 9 heteroatoms. The molecule has 2 atom stereocenters. The molecule has 1 aromatic rings. The average molecular weight is 409 g/mol. The highest BCUT2D eigenvalue weighted by atomic mass is 35.5. The van der Waals surface area contributed by atoms with Gasteiger partial charge in [0.05, 0.1) is 20.8 Å². The van der Waals surface area contributed by atoms with Gasteiger partial charge in [-0.25, -0.2) is 9.34 Å². The Balaban J connectivity index is 1.92. The van der Waals surface area contributed by atoms with Crippen molar-refractivity contribution >= 4 is 30.9 Å². The number of rotatable bonds is 7. The molecule has 2 aliphatic heterocycles. The first-order chi connectivity index (χ1) is 12.1. The van der Waals surface area contributed by atoms with Gasteiger partial charge in [0.1, 0.15) is 0 Å². The van der Waals surface area contributed by atoms with Gasteiger partial charge in [-0.15, -0.1) is 23.2 Å². The van der Waals surface area contributed by atoms with Crippen molar-refractivity contribution in [1.29, 1.82) is 0 Å². The van der Waals surface area contributed by atoms with Crippen LogP contribution in [0.4, 0.5) is 0 Å². The number of nitrogens with zero attached hydrogens (tertiary/aromatic N) is 2. The van der Waals surface area contributed by atoms with Crippen molar-refractivity contribution in [2.75, 3.05) is 45.7 Å². The first-order valence-electron chi connectivity index (χ1n) is 8.20. The van der Waals surface area contributed by atoms with Crippen LogP contribution in [-0.2, 0) is 22.1 Å². The maximum atomic E-state index is 13.6. The summed E-state index contributed by atoms with van der Waals surface area (Å²) in [6, 6.07) is 4.04. The van der Waals surface area contributed by atoms with E-state index in [4.69, 9.17) is 37.2 Å². The molecule has 1 unspecified atom stereocenters. The Morgan fingerprint density at radius 1 is 1.20 bits per heavy atom. The minimum absolute atomic E-state index is 0.0737. The Bertz CT molecular complexity index is 670. The molecule has 0 saturated carbocycles. The van der Waals surface area contributed by atoms with Gasteiger partial charge < -0.3 is 14.0 Å². The smallest absolute Gasteiger partial charge is 0.346 e. The Morgan fingerprint density at radius 3 is 2.36 bits per heavy atom. The van der Waals surface area contributed by atoms with Gasteiger partial charge in [-0.2, -0.15) is 0 Å². The van der Waals surface area contributed by atoms with Gasteiger partial charge in [0.2, 0.25) is 0 Å². The van der Waals surface area contributed by atoms with Crippen molar-refractivity contribution in [2.24, 2.45) is 0 Å². The van der Waals surface area contributed by atoms with Crippen molar-refractivity contribution in [2.45, 2.75) is 19.0 Å². The van der Waals surface area contributed by atoms with E-state index in [9.17, 15) is 4.57 Å². The van der Waals surface area contributed by atoms with Crippen LogP contribution in [0.3, 0.4) is 0 Å². The first kappa shape index (κ1) is 19.3. The summed E-state index contributed by atoms with van der Waals surface area (Å²) in [4.78, 5) is 0. The number of alkyl halides is 2. The Labute approximate surface area is 158 Å². The summed E-state index contributed by atoms with van der Waals surface area (Å²) >= 11 is 11.8. The topological polar surface area (TPSA) is 51.2 Å². The highest BCUT2D eigenvalue weighted by Crippen LogP contribution is 2.61. The van der Waals surface area contributed by atoms with Crippen LogP contribution in [-0.4, -0.2) is 61.1 Å². The fourth-order valence-corrected chi connectivity index (χ4v) is 6.71. The van der Waals surface area contributed by atoms with Crippen LogP contribution in [0.25, 0.3) is 0 Å². The fourth-order valence-electron chi connectivity index (χ4n) is 3.47. The van der Waals surface area contributed by atoms with Gasteiger partial charge in [0.15, 0.2) is 11.5 Å². The largest absolute Gasteiger partial charge is 0.493 e.